The van der Waals surface area contributed by atoms with E-state index in [1.165, 1.54) is 4.90 Å². The van der Waals surface area contributed by atoms with E-state index in [4.69, 9.17) is 23.8 Å². The zero-order valence-electron chi connectivity index (χ0n) is 30.2. The van der Waals surface area contributed by atoms with Gasteiger partial charge in [0.15, 0.2) is 11.5 Å². The van der Waals surface area contributed by atoms with Crippen LogP contribution in [-0.4, -0.2) is 63.4 Å². The average molecular weight is 758 g/mol. The third kappa shape index (κ3) is 7.21. The first-order valence-electron chi connectivity index (χ1n) is 17.6. The first-order valence-corrected chi connectivity index (χ1v) is 18.4. The number of fused-ring (bicyclic) bond motifs is 2. The van der Waals surface area contributed by atoms with Crippen LogP contribution >= 0.6 is 23.8 Å². The number of allylic oxidation sites excluding steroid dienone is 3. The second-order valence-corrected chi connectivity index (χ2v) is 14.2. The number of carbonyl (C=O) groups excluding carboxylic acids is 3. The molecule has 5 heterocycles. The number of imide groups is 1. The van der Waals surface area contributed by atoms with Crippen LogP contribution < -0.4 is 10.6 Å². The summed E-state index contributed by atoms with van der Waals surface area (Å²) in [5, 5.41) is 23.8. The molecule has 0 bridgehead atoms. The van der Waals surface area contributed by atoms with Gasteiger partial charge in [0.1, 0.15) is 16.9 Å². The minimum absolute atomic E-state index is 0.157. The molecule has 7 rings (SSSR count). The molecule has 14 heteroatoms. The maximum Gasteiger partial charge on any atom is 0.255 e. The summed E-state index contributed by atoms with van der Waals surface area (Å²) in [6.07, 6.45) is 3.67. The highest BCUT2D eigenvalue weighted by atomic mass is 35.5. The van der Waals surface area contributed by atoms with Gasteiger partial charge in [-0.15, -0.1) is 15.3 Å². The van der Waals surface area contributed by atoms with E-state index < -0.39 is 11.9 Å². The summed E-state index contributed by atoms with van der Waals surface area (Å²) < 4.78 is 3.66. The summed E-state index contributed by atoms with van der Waals surface area (Å²) >= 11 is 12.3. The molecule has 1 fully saturated rings. The van der Waals surface area contributed by atoms with E-state index >= 15 is 0 Å². The number of hydrogen-bond acceptors (Lipinski definition) is 9. The first kappa shape index (κ1) is 36.5. The van der Waals surface area contributed by atoms with E-state index in [1.807, 2.05) is 68.8 Å². The molecule has 3 amide bonds. The molecule has 272 valence electrons. The van der Waals surface area contributed by atoms with Crippen molar-refractivity contribution in [2.24, 2.45) is 0 Å². The standard InChI is InChI=1S/C40H36ClN9O3S/c1-23(24(2)35-36(28-13-15-29(41)16-14-28)42-25(3)37-46-44-26(4)50(37)40(35)54)12-17-30-21-48(47-45-30)20-7-5-6-9-27-10-8-11-31-32(27)22-49(39(31)53)33-18-19-34(51)43-38(33)52/h8,10-11,13-16,21,25,33,42H,5,7,18-20,22H2,1-4H3,(H,43,51,52)/b24-23+/t25-,33?/m0/s1. The van der Waals surface area contributed by atoms with Crippen LogP contribution in [0.1, 0.15) is 96.9 Å². The number of aromatic nitrogens is 6. The fraction of sp³-hybridized carbons (Fsp3) is 0.300. The molecule has 0 aliphatic carbocycles. The Labute approximate surface area is 323 Å². The highest BCUT2D eigenvalue weighted by Crippen LogP contribution is 2.33. The van der Waals surface area contributed by atoms with Crippen molar-refractivity contribution in [1.82, 2.24) is 45.3 Å². The van der Waals surface area contributed by atoms with Gasteiger partial charge in [0.05, 0.1) is 17.9 Å². The maximum atomic E-state index is 13.1. The lowest BCUT2D eigenvalue weighted by Gasteiger charge is -2.29. The fourth-order valence-electron chi connectivity index (χ4n) is 6.77. The van der Waals surface area contributed by atoms with Gasteiger partial charge in [-0.1, -0.05) is 65.0 Å². The topological polar surface area (TPSA) is 140 Å². The Morgan fingerprint density at radius 2 is 1.85 bits per heavy atom. The number of nitrogens with zero attached hydrogens (tertiary/aromatic N) is 7. The van der Waals surface area contributed by atoms with Crippen molar-refractivity contribution in [1.29, 1.82) is 0 Å². The Hall–Kier alpha value is -5.89. The number of hydrogen-bond donors (Lipinski definition) is 2. The number of halogens is 1. The largest absolute Gasteiger partial charge is 0.374 e. The van der Waals surface area contributed by atoms with E-state index in [2.05, 4.69) is 54.8 Å². The minimum atomic E-state index is -0.663. The quantitative estimate of drug-likeness (QED) is 0.120. The fourth-order valence-corrected chi connectivity index (χ4v) is 7.37. The van der Waals surface area contributed by atoms with E-state index in [9.17, 15) is 14.4 Å². The molecule has 0 saturated carbocycles. The van der Waals surface area contributed by atoms with Crippen molar-refractivity contribution in [3.63, 3.8) is 0 Å². The molecular weight excluding hydrogens is 722 g/mol. The number of amides is 3. The van der Waals surface area contributed by atoms with Gasteiger partial charge >= 0.3 is 0 Å². The van der Waals surface area contributed by atoms with E-state index in [-0.39, 0.29) is 30.8 Å². The van der Waals surface area contributed by atoms with Gasteiger partial charge in [0, 0.05) is 53.2 Å². The molecule has 2 aromatic heterocycles. The molecule has 4 aromatic rings. The molecule has 12 nitrogen and oxygen atoms in total. The van der Waals surface area contributed by atoms with Crippen LogP contribution in [0.4, 0.5) is 0 Å². The molecule has 1 saturated heterocycles. The number of benzene rings is 2. The zero-order chi connectivity index (χ0) is 38.1. The zero-order valence-corrected chi connectivity index (χ0v) is 31.7. The molecule has 3 aliphatic rings. The van der Waals surface area contributed by atoms with Crippen LogP contribution in [0.3, 0.4) is 0 Å². The summed E-state index contributed by atoms with van der Waals surface area (Å²) in [7, 11) is 0. The molecule has 0 radical (unpaired) electrons. The predicted molar refractivity (Wildman–Crippen MR) is 207 cm³/mol. The van der Waals surface area contributed by atoms with Gasteiger partial charge in [0.2, 0.25) is 11.8 Å². The van der Waals surface area contributed by atoms with Crippen molar-refractivity contribution in [2.75, 3.05) is 0 Å². The van der Waals surface area contributed by atoms with Crippen molar-refractivity contribution in [3.8, 4) is 23.7 Å². The monoisotopic (exact) mass is 757 g/mol. The van der Waals surface area contributed by atoms with Crippen LogP contribution in [0.5, 0.6) is 0 Å². The van der Waals surface area contributed by atoms with Crippen LogP contribution in [-0.2, 0) is 22.7 Å². The summed E-state index contributed by atoms with van der Waals surface area (Å²) in [5.74, 6) is 13.3. The van der Waals surface area contributed by atoms with Gasteiger partial charge in [-0.05, 0) is 87.4 Å². The summed E-state index contributed by atoms with van der Waals surface area (Å²) in [6, 6.07) is 12.3. The Bertz CT molecular complexity index is 2420. The predicted octanol–water partition coefficient (Wildman–Crippen LogP) is 5.06. The lowest BCUT2D eigenvalue weighted by molar-refractivity contribution is -0.136. The van der Waals surface area contributed by atoms with E-state index in [0.29, 0.717) is 46.5 Å². The van der Waals surface area contributed by atoms with Gasteiger partial charge in [0.25, 0.3) is 5.91 Å². The first-order chi connectivity index (χ1) is 26.0. The number of aryl methyl sites for hydroxylation is 2. The highest BCUT2D eigenvalue weighted by molar-refractivity contribution is 7.80. The minimum Gasteiger partial charge on any atom is -0.374 e. The summed E-state index contributed by atoms with van der Waals surface area (Å²) in [5.41, 5.74) is 7.01. The van der Waals surface area contributed by atoms with Gasteiger partial charge in [-0.3, -0.25) is 28.9 Å². The van der Waals surface area contributed by atoms with Crippen LogP contribution in [0.15, 0.2) is 65.4 Å². The van der Waals surface area contributed by atoms with Crippen LogP contribution in [0, 0.1) is 30.6 Å². The number of thiocarbonyl (C=S) groups is 1. The molecule has 0 spiro atoms. The lowest BCUT2D eigenvalue weighted by Crippen LogP contribution is -2.52. The van der Waals surface area contributed by atoms with Crippen molar-refractivity contribution in [3.05, 3.63) is 110 Å². The van der Waals surface area contributed by atoms with Crippen LogP contribution in [0.25, 0.3) is 5.70 Å². The molecular formula is C40H36ClN9O3S. The highest BCUT2D eigenvalue weighted by Gasteiger charge is 2.39. The second-order valence-electron chi connectivity index (χ2n) is 13.4. The van der Waals surface area contributed by atoms with Gasteiger partial charge in [-0.25, -0.2) is 0 Å². The van der Waals surface area contributed by atoms with Crippen molar-refractivity contribution >= 4 is 52.2 Å². The van der Waals surface area contributed by atoms with Crippen molar-refractivity contribution < 1.29 is 14.4 Å². The Morgan fingerprint density at radius 1 is 1.06 bits per heavy atom. The summed E-state index contributed by atoms with van der Waals surface area (Å²) in [6.45, 7) is 8.77. The maximum absolute atomic E-state index is 13.1. The van der Waals surface area contributed by atoms with E-state index in [0.717, 1.165) is 51.4 Å². The Morgan fingerprint density at radius 3 is 2.63 bits per heavy atom. The Balaban J connectivity index is 1.03. The average Bonchev–Trinajstić information content (AvgIpc) is 3.85. The second kappa shape index (κ2) is 15.2. The number of nitrogens with one attached hydrogen (secondary N) is 2. The third-order valence-electron chi connectivity index (χ3n) is 9.75. The summed E-state index contributed by atoms with van der Waals surface area (Å²) in [4.78, 5) is 39.3. The molecule has 2 atom stereocenters. The molecule has 2 aromatic carbocycles. The number of unbranched alkanes of at least 4 members (excludes halogenated alkanes) is 1. The molecule has 2 N–H and O–H groups in total. The normalized spacial score (nSPS) is 18.4. The molecule has 1 unspecified atom stereocenters. The van der Waals surface area contributed by atoms with Crippen molar-refractivity contribution in [2.45, 2.75) is 78.6 Å². The smallest absolute Gasteiger partial charge is 0.255 e. The van der Waals surface area contributed by atoms with Gasteiger partial charge < -0.3 is 10.2 Å². The van der Waals surface area contributed by atoms with Crippen LogP contribution in [0.2, 0.25) is 5.02 Å². The molecule has 3 aliphatic heterocycles. The Kier molecular flexibility index (Phi) is 10.3. The number of piperidine rings is 1. The SMILES string of the molecule is C/C(C#Cc1cn(CCCC#Cc2cccc3c2CN(C2CCC(=O)NC2=O)C3=O)nn1)=C(/C)C1=C(c2ccc(Cl)cc2)N[C@@H](C)c2nnc(C)n2C1=S. The number of rotatable bonds is 6. The van der Waals surface area contributed by atoms with Gasteiger partial charge in [-0.2, -0.15) is 0 Å². The molecule has 54 heavy (non-hydrogen) atoms. The number of carbonyl (C=O) groups is 3. The third-order valence-corrected chi connectivity index (χ3v) is 10.4. The van der Waals surface area contributed by atoms with E-state index in [1.54, 1.807) is 16.8 Å². The lowest BCUT2D eigenvalue weighted by atomic mass is 9.96.